The number of benzene rings is 1. The third-order valence-corrected chi connectivity index (χ3v) is 3.30. The van der Waals surface area contributed by atoms with E-state index in [1.807, 2.05) is 0 Å². The van der Waals surface area contributed by atoms with Crippen molar-refractivity contribution in [3.8, 4) is 0 Å². The summed E-state index contributed by atoms with van der Waals surface area (Å²) in [6.45, 7) is -0.162. The Labute approximate surface area is 118 Å². The lowest BCUT2D eigenvalue weighted by Gasteiger charge is -2.11. The third kappa shape index (κ3) is 5.31. The summed E-state index contributed by atoms with van der Waals surface area (Å²) in [5.41, 5.74) is -2.31. The number of carbonyl (C=O) groups excluding carboxylic acids is 1. The molecule has 1 aromatic rings. The molecule has 0 bridgehead atoms. The molecular weight excluding hydrogens is 316 g/mol. The number of amides is 1. The lowest BCUT2D eigenvalue weighted by Crippen LogP contribution is -2.28. The van der Waals surface area contributed by atoms with Gasteiger partial charge in [-0.1, -0.05) is 6.07 Å². The average molecular weight is 328 g/mol. The van der Waals surface area contributed by atoms with E-state index < -0.39 is 44.8 Å². The molecule has 1 aromatic carbocycles. The minimum absolute atomic E-state index is 0.0366. The van der Waals surface area contributed by atoms with E-state index in [0.717, 1.165) is 12.1 Å². The molecule has 0 aliphatic carbocycles. The molecule has 0 spiro atoms. The highest BCUT2D eigenvalue weighted by Gasteiger charge is 2.35. The highest BCUT2D eigenvalue weighted by atomic mass is 32.2. The smallest absolute Gasteiger partial charge is 0.352 e. The van der Waals surface area contributed by atoms with Gasteiger partial charge in [0.05, 0.1) is 16.9 Å². The molecule has 1 rings (SSSR count). The van der Waals surface area contributed by atoms with Gasteiger partial charge in [0, 0.05) is 6.54 Å². The van der Waals surface area contributed by atoms with Crippen molar-refractivity contribution in [2.75, 3.05) is 12.3 Å². The lowest BCUT2D eigenvalue weighted by atomic mass is 10.1. The molecular formula is C11H12F4N2O3S. The van der Waals surface area contributed by atoms with Crippen molar-refractivity contribution in [1.82, 2.24) is 5.32 Å². The molecule has 0 fully saturated rings. The van der Waals surface area contributed by atoms with Crippen molar-refractivity contribution in [3.05, 3.63) is 35.1 Å². The molecule has 0 saturated carbocycles. The fourth-order valence-corrected chi connectivity index (χ4v) is 2.04. The first-order valence-electron chi connectivity index (χ1n) is 5.67. The summed E-state index contributed by atoms with van der Waals surface area (Å²) in [6.07, 6.45) is -4.95. The molecule has 0 aliphatic heterocycles. The summed E-state index contributed by atoms with van der Waals surface area (Å²) in [4.78, 5) is 11.6. The van der Waals surface area contributed by atoms with Crippen LogP contribution in [0.2, 0.25) is 0 Å². The van der Waals surface area contributed by atoms with Crippen molar-refractivity contribution in [2.45, 2.75) is 12.6 Å². The van der Waals surface area contributed by atoms with Gasteiger partial charge >= 0.3 is 6.18 Å². The van der Waals surface area contributed by atoms with Crippen LogP contribution in [0.25, 0.3) is 0 Å². The number of hydrogen-bond acceptors (Lipinski definition) is 3. The second-order valence-corrected chi connectivity index (χ2v) is 5.88. The number of carbonyl (C=O) groups is 1. The minimum atomic E-state index is -4.91. The Kier molecular flexibility index (Phi) is 5.29. The van der Waals surface area contributed by atoms with Crippen molar-refractivity contribution in [1.29, 1.82) is 0 Å². The maximum absolute atomic E-state index is 13.6. The number of alkyl halides is 3. The number of halogens is 4. The number of nitrogens with two attached hydrogens (primary N) is 1. The normalized spacial score (nSPS) is 12.2. The van der Waals surface area contributed by atoms with E-state index in [-0.39, 0.29) is 13.0 Å². The first kappa shape index (κ1) is 17.4. The predicted molar refractivity (Wildman–Crippen MR) is 66.3 cm³/mol. The molecule has 0 radical (unpaired) electrons. The van der Waals surface area contributed by atoms with Crippen LogP contribution in [0.5, 0.6) is 0 Å². The van der Waals surface area contributed by atoms with Crippen molar-refractivity contribution >= 4 is 15.9 Å². The number of primary sulfonamides is 1. The molecule has 0 aromatic heterocycles. The molecule has 0 atom stereocenters. The highest BCUT2D eigenvalue weighted by Crippen LogP contribution is 2.32. The van der Waals surface area contributed by atoms with Gasteiger partial charge in [-0.15, -0.1) is 0 Å². The van der Waals surface area contributed by atoms with E-state index in [9.17, 15) is 30.8 Å². The number of rotatable bonds is 5. The van der Waals surface area contributed by atoms with Crippen LogP contribution in [-0.4, -0.2) is 26.6 Å². The molecule has 5 nitrogen and oxygen atoms in total. The zero-order valence-corrected chi connectivity index (χ0v) is 11.4. The second-order valence-electron chi connectivity index (χ2n) is 4.14. The van der Waals surface area contributed by atoms with E-state index in [1.54, 1.807) is 0 Å². The maximum atomic E-state index is 13.6. The summed E-state index contributed by atoms with van der Waals surface area (Å²) in [5.74, 6) is -3.14. The Hall–Kier alpha value is -1.68. The van der Waals surface area contributed by atoms with Gasteiger partial charge in [0.25, 0.3) is 5.91 Å². The van der Waals surface area contributed by atoms with Crippen LogP contribution in [0.15, 0.2) is 18.2 Å². The van der Waals surface area contributed by atoms with Gasteiger partial charge in [-0.05, 0) is 18.6 Å². The van der Waals surface area contributed by atoms with Crippen molar-refractivity contribution in [2.24, 2.45) is 5.14 Å². The third-order valence-electron chi connectivity index (χ3n) is 2.44. The zero-order chi connectivity index (χ0) is 16.3. The zero-order valence-electron chi connectivity index (χ0n) is 10.6. The van der Waals surface area contributed by atoms with Gasteiger partial charge in [-0.2, -0.15) is 13.2 Å². The van der Waals surface area contributed by atoms with E-state index in [4.69, 9.17) is 5.14 Å². The van der Waals surface area contributed by atoms with Gasteiger partial charge in [0.1, 0.15) is 5.82 Å². The van der Waals surface area contributed by atoms with E-state index >= 15 is 0 Å². The summed E-state index contributed by atoms with van der Waals surface area (Å²) in [7, 11) is -3.70. The summed E-state index contributed by atoms with van der Waals surface area (Å²) in [6, 6.07) is 2.33. The Morgan fingerprint density at radius 3 is 2.43 bits per heavy atom. The van der Waals surface area contributed by atoms with Crippen LogP contribution < -0.4 is 10.5 Å². The standard InChI is InChI=1S/C11H12F4N2O3S/c12-9-7(3-1-4-8(9)11(13,14)15)10(18)17-5-2-6-21(16,19)20/h1,3-4H,2,5-6H2,(H,17,18)(H2,16,19,20). The largest absolute Gasteiger partial charge is 0.419 e. The van der Waals surface area contributed by atoms with Gasteiger partial charge in [0.15, 0.2) is 0 Å². The van der Waals surface area contributed by atoms with Crippen LogP contribution in [0, 0.1) is 5.82 Å². The van der Waals surface area contributed by atoms with Crippen LogP contribution in [0.1, 0.15) is 22.3 Å². The molecule has 0 saturated heterocycles. The van der Waals surface area contributed by atoms with Crippen LogP contribution in [-0.2, 0) is 16.2 Å². The van der Waals surface area contributed by atoms with Crippen LogP contribution in [0.3, 0.4) is 0 Å². The quantitative estimate of drug-likeness (QED) is 0.630. The fourth-order valence-electron chi connectivity index (χ4n) is 1.50. The van der Waals surface area contributed by atoms with Crippen LogP contribution in [0.4, 0.5) is 17.6 Å². The van der Waals surface area contributed by atoms with E-state index in [1.165, 1.54) is 0 Å². The van der Waals surface area contributed by atoms with Gasteiger partial charge in [-0.3, -0.25) is 4.79 Å². The predicted octanol–water partition coefficient (Wildman–Crippen LogP) is 1.25. The summed E-state index contributed by atoms with van der Waals surface area (Å²) >= 11 is 0. The summed E-state index contributed by atoms with van der Waals surface area (Å²) < 4.78 is 72.3. The number of sulfonamides is 1. The monoisotopic (exact) mass is 328 g/mol. The number of nitrogens with one attached hydrogen (secondary N) is 1. The van der Waals surface area contributed by atoms with Gasteiger partial charge in [0.2, 0.25) is 10.0 Å². The Bertz CT molecular complexity index is 629. The molecule has 118 valence electrons. The topological polar surface area (TPSA) is 89.3 Å². The minimum Gasteiger partial charge on any atom is -0.352 e. The number of hydrogen-bond donors (Lipinski definition) is 2. The highest BCUT2D eigenvalue weighted by molar-refractivity contribution is 7.89. The van der Waals surface area contributed by atoms with E-state index in [2.05, 4.69) is 5.32 Å². The molecule has 10 heteroatoms. The summed E-state index contributed by atoms with van der Waals surface area (Å²) in [5, 5.41) is 6.85. The molecule has 0 heterocycles. The van der Waals surface area contributed by atoms with E-state index in [0.29, 0.717) is 6.07 Å². The van der Waals surface area contributed by atoms with Gasteiger partial charge in [-0.25, -0.2) is 17.9 Å². The Balaban J connectivity index is 2.76. The molecule has 21 heavy (non-hydrogen) atoms. The first-order valence-corrected chi connectivity index (χ1v) is 7.38. The second kappa shape index (κ2) is 6.39. The molecule has 0 aliphatic rings. The first-order chi connectivity index (χ1) is 9.52. The van der Waals surface area contributed by atoms with Crippen molar-refractivity contribution < 1.29 is 30.8 Å². The van der Waals surface area contributed by atoms with Crippen LogP contribution >= 0.6 is 0 Å². The molecule has 0 unspecified atom stereocenters. The lowest BCUT2D eigenvalue weighted by molar-refractivity contribution is -0.140. The van der Waals surface area contributed by atoms with Crippen molar-refractivity contribution in [3.63, 3.8) is 0 Å². The average Bonchev–Trinajstić information content (AvgIpc) is 2.32. The Morgan fingerprint density at radius 1 is 1.29 bits per heavy atom. The molecule has 1 amide bonds. The SMILES string of the molecule is NS(=O)(=O)CCCNC(=O)c1cccc(C(F)(F)F)c1F. The Morgan fingerprint density at radius 2 is 1.90 bits per heavy atom. The fraction of sp³-hybridized carbons (Fsp3) is 0.364. The van der Waals surface area contributed by atoms with Gasteiger partial charge < -0.3 is 5.32 Å². The molecule has 3 N–H and O–H groups in total. The maximum Gasteiger partial charge on any atom is 0.419 e.